The third kappa shape index (κ3) is 8.51. The molecule has 2 atom stereocenters. The number of esters is 1. The molecule has 2 rings (SSSR count). The van der Waals surface area contributed by atoms with E-state index in [1.807, 2.05) is 26.0 Å². The number of aldehydes is 1. The Morgan fingerprint density at radius 1 is 1.18 bits per heavy atom. The van der Waals surface area contributed by atoms with E-state index in [2.05, 4.69) is 61.6 Å². The molecule has 0 fully saturated rings. The molecule has 1 aromatic carbocycles. The molecule has 0 aliphatic carbocycles. The van der Waals surface area contributed by atoms with Gasteiger partial charge in [-0.05, 0) is 61.3 Å². The van der Waals surface area contributed by atoms with Gasteiger partial charge in [0.2, 0.25) is 0 Å². The number of aryl methyl sites for hydroxylation is 2. The fourth-order valence-electron chi connectivity index (χ4n) is 3.92. The molecule has 0 radical (unpaired) electrons. The van der Waals surface area contributed by atoms with E-state index in [4.69, 9.17) is 9.72 Å². The summed E-state index contributed by atoms with van der Waals surface area (Å²) in [7, 11) is 0. The lowest BCUT2D eigenvalue weighted by atomic mass is 9.83. The van der Waals surface area contributed by atoms with Crippen molar-refractivity contribution in [3.8, 4) is 0 Å². The Morgan fingerprint density at radius 2 is 1.94 bits per heavy atom. The quantitative estimate of drug-likeness (QED) is 0.115. The van der Waals surface area contributed by atoms with Gasteiger partial charge in [0.15, 0.2) is 6.29 Å². The number of ether oxygens (including phenoxy) is 1. The third-order valence-electron chi connectivity index (χ3n) is 5.71. The number of benzene rings is 1. The number of hydrogen-bond acceptors (Lipinski definition) is 4. The van der Waals surface area contributed by atoms with Crippen molar-refractivity contribution < 1.29 is 14.3 Å². The number of carbonyl (C=O) groups excluding carboxylic acids is 2. The molecule has 33 heavy (non-hydrogen) atoms. The maximum atomic E-state index is 12.9. The van der Waals surface area contributed by atoms with Crippen molar-refractivity contribution >= 4 is 34.8 Å². The summed E-state index contributed by atoms with van der Waals surface area (Å²) in [5, 5.41) is 0. The minimum absolute atomic E-state index is 0.173. The predicted octanol–water partition coefficient (Wildman–Crippen LogP) is 6.88. The maximum absolute atomic E-state index is 12.9. The van der Waals surface area contributed by atoms with Gasteiger partial charge in [-0.15, -0.1) is 0 Å². The van der Waals surface area contributed by atoms with Gasteiger partial charge >= 0.3 is 5.97 Å². The van der Waals surface area contributed by atoms with Gasteiger partial charge in [-0.2, -0.15) is 0 Å². The minimum Gasteiger partial charge on any atom is -0.465 e. The first-order chi connectivity index (χ1) is 15.8. The second-order valence-corrected chi connectivity index (χ2v) is 10.4. The zero-order chi connectivity index (χ0) is 24.4. The molecule has 0 spiro atoms. The van der Waals surface area contributed by atoms with E-state index in [1.165, 1.54) is 11.1 Å². The summed E-state index contributed by atoms with van der Waals surface area (Å²) in [5.41, 5.74) is 5.68. The van der Waals surface area contributed by atoms with Crippen molar-refractivity contribution in [1.82, 2.24) is 4.98 Å². The standard InChI is InChI=1S/C28H38INO3/c1-6-7-8-24-11-10-22(17-31)28(30-24)26(15-27(32)33-18-19(2)3)25-12-9-20(4)13-23(25)14-21(5)16-29/h9-13,17,19,21,26H,6-8,14-16,18H2,1-5H3/t21-,26+/m0/s1. The van der Waals surface area contributed by atoms with E-state index < -0.39 is 0 Å². The molecule has 0 aliphatic rings. The van der Waals surface area contributed by atoms with Crippen LogP contribution in [0.25, 0.3) is 0 Å². The van der Waals surface area contributed by atoms with Crippen molar-refractivity contribution in [3.63, 3.8) is 0 Å². The summed E-state index contributed by atoms with van der Waals surface area (Å²) in [4.78, 5) is 29.8. The third-order valence-corrected chi connectivity index (χ3v) is 7.22. The number of pyridine rings is 1. The van der Waals surface area contributed by atoms with Crippen LogP contribution in [0.2, 0.25) is 0 Å². The smallest absolute Gasteiger partial charge is 0.306 e. The second kappa shape index (κ2) is 13.8. The van der Waals surface area contributed by atoms with Gasteiger partial charge in [0.05, 0.1) is 18.7 Å². The highest BCUT2D eigenvalue weighted by Crippen LogP contribution is 2.34. The van der Waals surface area contributed by atoms with E-state index in [0.717, 1.165) is 47.7 Å². The Hall–Kier alpha value is -1.76. The fourth-order valence-corrected chi connectivity index (χ4v) is 4.24. The summed E-state index contributed by atoms with van der Waals surface area (Å²) in [5.74, 6) is 0.213. The van der Waals surface area contributed by atoms with E-state index >= 15 is 0 Å². The van der Waals surface area contributed by atoms with Gasteiger partial charge in [0.1, 0.15) is 0 Å². The van der Waals surface area contributed by atoms with Crippen LogP contribution in [0.1, 0.15) is 91.3 Å². The Balaban J connectivity index is 2.58. The predicted molar refractivity (Wildman–Crippen MR) is 143 cm³/mol. The number of carbonyl (C=O) groups is 2. The maximum Gasteiger partial charge on any atom is 0.306 e. The summed E-state index contributed by atoms with van der Waals surface area (Å²) < 4.78 is 6.61. The van der Waals surface area contributed by atoms with Crippen molar-refractivity contribution in [2.45, 2.75) is 72.6 Å². The number of nitrogens with zero attached hydrogens (tertiary/aromatic N) is 1. The molecule has 2 aromatic rings. The first-order valence-electron chi connectivity index (χ1n) is 12.0. The molecule has 0 saturated heterocycles. The van der Waals surface area contributed by atoms with Crippen molar-refractivity contribution in [1.29, 1.82) is 0 Å². The molecule has 1 heterocycles. The average Bonchev–Trinajstić information content (AvgIpc) is 2.80. The molecule has 1 aromatic heterocycles. The molecule has 0 unspecified atom stereocenters. The van der Waals surface area contributed by atoms with Crippen molar-refractivity contribution in [2.75, 3.05) is 11.0 Å². The van der Waals surface area contributed by atoms with E-state index in [9.17, 15) is 9.59 Å². The topological polar surface area (TPSA) is 56.3 Å². The van der Waals surface area contributed by atoms with Crippen LogP contribution in [0.5, 0.6) is 0 Å². The van der Waals surface area contributed by atoms with Crippen LogP contribution in [0.15, 0.2) is 30.3 Å². The zero-order valence-electron chi connectivity index (χ0n) is 20.7. The number of alkyl halides is 1. The van der Waals surface area contributed by atoms with Crippen LogP contribution in [0, 0.1) is 18.8 Å². The Morgan fingerprint density at radius 3 is 2.58 bits per heavy atom. The van der Waals surface area contributed by atoms with E-state index in [1.54, 1.807) is 0 Å². The van der Waals surface area contributed by atoms with Crippen molar-refractivity contribution in [2.24, 2.45) is 11.8 Å². The Kier molecular flexibility index (Phi) is 11.5. The second-order valence-electron chi connectivity index (χ2n) is 9.50. The molecule has 0 aliphatic heterocycles. The molecular formula is C28H38INO3. The minimum atomic E-state index is -0.316. The molecule has 0 amide bonds. The average molecular weight is 564 g/mol. The summed E-state index contributed by atoms with van der Waals surface area (Å²) in [6, 6.07) is 10.2. The van der Waals surface area contributed by atoms with E-state index in [-0.39, 0.29) is 24.2 Å². The normalized spacial score (nSPS) is 13.1. The van der Waals surface area contributed by atoms with Gasteiger partial charge in [0.25, 0.3) is 0 Å². The molecule has 0 N–H and O–H groups in total. The van der Waals surface area contributed by atoms with Crippen LogP contribution in [0.4, 0.5) is 0 Å². The van der Waals surface area contributed by atoms with Crippen molar-refractivity contribution in [3.05, 3.63) is 64.0 Å². The summed E-state index contributed by atoms with van der Waals surface area (Å²) in [6.07, 6.45) is 4.93. The highest BCUT2D eigenvalue weighted by Gasteiger charge is 2.26. The van der Waals surface area contributed by atoms with Crippen LogP contribution >= 0.6 is 22.6 Å². The fraction of sp³-hybridized carbons (Fsp3) is 0.536. The first-order valence-corrected chi connectivity index (χ1v) is 13.6. The monoisotopic (exact) mass is 563 g/mol. The summed E-state index contributed by atoms with van der Waals surface area (Å²) >= 11 is 2.42. The van der Waals surface area contributed by atoms with Gasteiger partial charge in [0, 0.05) is 21.6 Å². The number of hydrogen-bond donors (Lipinski definition) is 0. The lowest BCUT2D eigenvalue weighted by molar-refractivity contribution is -0.145. The largest absolute Gasteiger partial charge is 0.465 e. The molecule has 0 saturated carbocycles. The molecule has 180 valence electrons. The zero-order valence-corrected chi connectivity index (χ0v) is 22.9. The van der Waals surface area contributed by atoms with Crippen LogP contribution in [-0.2, 0) is 22.4 Å². The van der Waals surface area contributed by atoms with Crippen LogP contribution in [0.3, 0.4) is 0 Å². The summed E-state index contributed by atoms with van der Waals surface area (Å²) in [6.45, 7) is 10.9. The molecule has 0 bridgehead atoms. The van der Waals surface area contributed by atoms with Crippen LogP contribution in [-0.4, -0.2) is 28.3 Å². The highest BCUT2D eigenvalue weighted by molar-refractivity contribution is 14.1. The first kappa shape index (κ1) is 27.5. The van der Waals surface area contributed by atoms with Crippen LogP contribution < -0.4 is 0 Å². The van der Waals surface area contributed by atoms with Gasteiger partial charge in [-0.1, -0.05) is 80.5 Å². The highest BCUT2D eigenvalue weighted by atomic mass is 127. The van der Waals surface area contributed by atoms with E-state index in [0.29, 0.717) is 23.8 Å². The Bertz CT molecular complexity index is 925. The number of unbranched alkanes of at least 4 members (excludes halogenated alkanes) is 1. The Labute approximate surface area is 213 Å². The molecule has 4 nitrogen and oxygen atoms in total. The van der Waals surface area contributed by atoms with Gasteiger partial charge in [-0.25, -0.2) is 0 Å². The number of aromatic nitrogens is 1. The lowest BCUT2D eigenvalue weighted by Crippen LogP contribution is -2.18. The number of halogens is 1. The SMILES string of the molecule is CCCCc1ccc(C=O)c([C@H](CC(=O)OCC(C)C)c2ccc(C)cc2C[C@H](C)CI)n1. The molecule has 5 heteroatoms. The molecular weight excluding hydrogens is 525 g/mol. The van der Waals surface area contributed by atoms with Gasteiger partial charge in [-0.3, -0.25) is 14.6 Å². The van der Waals surface area contributed by atoms with Gasteiger partial charge < -0.3 is 4.74 Å². The number of rotatable bonds is 13. The lowest BCUT2D eigenvalue weighted by Gasteiger charge is -2.23.